The molecule has 1 aliphatic rings. The number of ether oxygens (including phenoxy) is 1. The molecule has 2 heteroatoms. The number of nitrogens with two attached hydrogens (primary N) is 1. The molecular weight excluding hydrogens is 138 g/mol. The Bertz CT molecular complexity index is 232. The van der Waals surface area contributed by atoms with Crippen molar-refractivity contribution < 1.29 is 4.74 Å². The molecule has 0 bridgehead atoms. The van der Waals surface area contributed by atoms with Gasteiger partial charge in [0.25, 0.3) is 0 Å². The van der Waals surface area contributed by atoms with Gasteiger partial charge in [-0.2, -0.15) is 0 Å². The van der Waals surface area contributed by atoms with Gasteiger partial charge in [-0.3, -0.25) is 0 Å². The third kappa shape index (κ3) is 1.78. The Morgan fingerprint density at radius 1 is 1.64 bits per heavy atom. The summed E-state index contributed by atoms with van der Waals surface area (Å²) in [6.07, 6.45) is 10.5. The maximum Gasteiger partial charge on any atom is 0.172 e. The first-order valence-electron chi connectivity index (χ1n) is 3.59. The summed E-state index contributed by atoms with van der Waals surface area (Å²) >= 11 is 0. The molecule has 0 fully saturated rings. The van der Waals surface area contributed by atoms with Gasteiger partial charge in [-0.05, 0) is 31.0 Å². The molecular formula is C9H11NO. The van der Waals surface area contributed by atoms with Crippen LogP contribution in [0.25, 0.3) is 0 Å². The van der Waals surface area contributed by atoms with Crippen LogP contribution in [0, 0.1) is 12.3 Å². The zero-order valence-electron chi connectivity index (χ0n) is 6.34. The number of rotatable bonds is 1. The first kappa shape index (κ1) is 7.74. The van der Waals surface area contributed by atoms with Crippen LogP contribution in [-0.4, -0.2) is 6.61 Å². The van der Waals surface area contributed by atoms with E-state index in [1.54, 1.807) is 6.08 Å². The second-order valence-corrected chi connectivity index (χ2v) is 2.31. The second kappa shape index (κ2) is 3.72. The lowest BCUT2D eigenvalue weighted by Crippen LogP contribution is -2.04. The minimum absolute atomic E-state index is 0.637. The van der Waals surface area contributed by atoms with Crippen molar-refractivity contribution in [1.29, 1.82) is 0 Å². The van der Waals surface area contributed by atoms with E-state index in [0.717, 1.165) is 25.0 Å². The quantitative estimate of drug-likeness (QED) is 0.568. The zero-order valence-corrected chi connectivity index (χ0v) is 6.34. The second-order valence-electron chi connectivity index (χ2n) is 2.31. The topological polar surface area (TPSA) is 35.2 Å². The third-order valence-corrected chi connectivity index (χ3v) is 1.56. The lowest BCUT2D eigenvalue weighted by molar-refractivity contribution is 0.205. The van der Waals surface area contributed by atoms with Gasteiger partial charge in [0.15, 0.2) is 5.76 Å². The summed E-state index contributed by atoms with van der Waals surface area (Å²) in [6.45, 7) is 0.724. The normalized spacial score (nSPS) is 18.1. The number of hydrogen-bond donors (Lipinski definition) is 1. The summed E-state index contributed by atoms with van der Waals surface area (Å²) in [5.74, 6) is 3.13. The van der Waals surface area contributed by atoms with Crippen molar-refractivity contribution in [3.63, 3.8) is 0 Å². The van der Waals surface area contributed by atoms with Crippen LogP contribution < -0.4 is 5.73 Å². The van der Waals surface area contributed by atoms with Gasteiger partial charge in [0, 0.05) is 5.57 Å². The highest BCUT2D eigenvalue weighted by Crippen LogP contribution is 2.18. The van der Waals surface area contributed by atoms with E-state index in [9.17, 15) is 0 Å². The van der Waals surface area contributed by atoms with Gasteiger partial charge in [-0.15, -0.1) is 6.42 Å². The standard InChI is InChI=1S/C9H11NO/c1-2-9-8(5-6-10)4-3-7-11-9/h1,5-6H,3-4,7,10H2/b6-5-. The van der Waals surface area contributed by atoms with Gasteiger partial charge in [-0.25, -0.2) is 0 Å². The van der Waals surface area contributed by atoms with Crippen LogP contribution in [0.3, 0.4) is 0 Å². The van der Waals surface area contributed by atoms with Crippen molar-refractivity contribution in [2.75, 3.05) is 6.61 Å². The molecule has 1 rings (SSSR count). The fourth-order valence-electron chi connectivity index (χ4n) is 1.05. The first-order chi connectivity index (χ1) is 5.38. The van der Waals surface area contributed by atoms with Crippen molar-refractivity contribution >= 4 is 0 Å². The minimum Gasteiger partial charge on any atom is -0.485 e. The molecule has 0 amide bonds. The molecule has 11 heavy (non-hydrogen) atoms. The molecule has 0 saturated carbocycles. The summed E-state index contributed by atoms with van der Waals surface area (Å²) < 4.78 is 5.23. The van der Waals surface area contributed by atoms with Gasteiger partial charge in [0.1, 0.15) is 0 Å². The molecule has 0 unspecified atom stereocenters. The van der Waals surface area contributed by atoms with E-state index in [2.05, 4.69) is 5.92 Å². The summed E-state index contributed by atoms with van der Waals surface area (Å²) in [5.41, 5.74) is 6.27. The van der Waals surface area contributed by atoms with Gasteiger partial charge >= 0.3 is 0 Å². The molecule has 1 aliphatic heterocycles. The molecule has 0 aromatic heterocycles. The predicted molar refractivity (Wildman–Crippen MR) is 44.4 cm³/mol. The Morgan fingerprint density at radius 3 is 3.09 bits per heavy atom. The summed E-state index contributed by atoms with van der Waals surface area (Å²) in [7, 11) is 0. The van der Waals surface area contributed by atoms with Crippen LogP contribution in [-0.2, 0) is 4.74 Å². The van der Waals surface area contributed by atoms with E-state index in [-0.39, 0.29) is 0 Å². The molecule has 0 aliphatic carbocycles. The highest BCUT2D eigenvalue weighted by Gasteiger charge is 2.08. The maximum atomic E-state index is 5.24. The molecule has 0 aromatic rings. The molecule has 58 valence electrons. The van der Waals surface area contributed by atoms with Crippen LogP contribution in [0.2, 0.25) is 0 Å². The van der Waals surface area contributed by atoms with Crippen molar-refractivity contribution in [1.82, 2.24) is 0 Å². The van der Waals surface area contributed by atoms with E-state index in [0.29, 0.717) is 5.76 Å². The highest BCUT2D eigenvalue weighted by atomic mass is 16.5. The minimum atomic E-state index is 0.637. The van der Waals surface area contributed by atoms with E-state index in [4.69, 9.17) is 16.9 Å². The lowest BCUT2D eigenvalue weighted by Gasteiger charge is -2.14. The fraction of sp³-hybridized carbons (Fsp3) is 0.333. The number of hydrogen-bond acceptors (Lipinski definition) is 2. The summed E-state index contributed by atoms with van der Waals surface area (Å²) in [4.78, 5) is 0. The van der Waals surface area contributed by atoms with Crippen molar-refractivity contribution in [2.24, 2.45) is 5.73 Å². The Hall–Kier alpha value is -1.36. The monoisotopic (exact) mass is 149 g/mol. The van der Waals surface area contributed by atoms with Crippen molar-refractivity contribution in [3.8, 4) is 12.3 Å². The van der Waals surface area contributed by atoms with Crippen molar-refractivity contribution in [3.05, 3.63) is 23.6 Å². The number of terminal acetylenes is 1. The zero-order chi connectivity index (χ0) is 8.10. The van der Waals surface area contributed by atoms with Crippen LogP contribution >= 0.6 is 0 Å². The van der Waals surface area contributed by atoms with E-state index < -0.39 is 0 Å². The van der Waals surface area contributed by atoms with Crippen LogP contribution in [0.1, 0.15) is 12.8 Å². The van der Waals surface area contributed by atoms with E-state index in [1.807, 2.05) is 0 Å². The maximum absolute atomic E-state index is 5.24. The average molecular weight is 149 g/mol. The lowest BCUT2D eigenvalue weighted by atomic mass is 10.1. The third-order valence-electron chi connectivity index (χ3n) is 1.56. The number of allylic oxidation sites excluding steroid dienone is 3. The van der Waals surface area contributed by atoms with Crippen LogP contribution in [0.4, 0.5) is 0 Å². The largest absolute Gasteiger partial charge is 0.485 e. The van der Waals surface area contributed by atoms with E-state index in [1.165, 1.54) is 6.20 Å². The first-order valence-corrected chi connectivity index (χ1v) is 3.59. The highest BCUT2D eigenvalue weighted by molar-refractivity contribution is 5.33. The molecule has 0 radical (unpaired) electrons. The van der Waals surface area contributed by atoms with E-state index >= 15 is 0 Å². The van der Waals surface area contributed by atoms with Gasteiger partial charge in [-0.1, -0.05) is 0 Å². The molecule has 2 N–H and O–H groups in total. The van der Waals surface area contributed by atoms with Gasteiger partial charge in [0.05, 0.1) is 6.61 Å². The Balaban J connectivity index is 2.83. The molecule has 0 spiro atoms. The molecule has 0 atom stereocenters. The molecule has 0 aromatic carbocycles. The summed E-state index contributed by atoms with van der Waals surface area (Å²) in [5, 5.41) is 0. The molecule has 1 heterocycles. The molecule has 2 nitrogen and oxygen atoms in total. The predicted octanol–water partition coefficient (Wildman–Crippen LogP) is 1.16. The van der Waals surface area contributed by atoms with Gasteiger partial charge in [0.2, 0.25) is 0 Å². The summed E-state index contributed by atoms with van der Waals surface area (Å²) in [6, 6.07) is 0. The fourth-order valence-corrected chi connectivity index (χ4v) is 1.05. The average Bonchev–Trinajstić information content (AvgIpc) is 2.06. The SMILES string of the molecule is C#CC1=C(/C=C\N)CCCO1. The molecule has 0 saturated heterocycles. The van der Waals surface area contributed by atoms with Crippen LogP contribution in [0.15, 0.2) is 23.6 Å². The Morgan fingerprint density at radius 2 is 2.45 bits per heavy atom. The Kier molecular flexibility index (Phi) is 2.62. The van der Waals surface area contributed by atoms with Crippen molar-refractivity contribution in [2.45, 2.75) is 12.8 Å². The Labute approximate surface area is 66.7 Å². The smallest absolute Gasteiger partial charge is 0.172 e. The van der Waals surface area contributed by atoms with Gasteiger partial charge < -0.3 is 10.5 Å². The van der Waals surface area contributed by atoms with Crippen LogP contribution in [0.5, 0.6) is 0 Å².